The minimum atomic E-state index is 0.266. The molecule has 1 rings (SSSR count). The molecule has 1 N–H and O–H groups in total. The van der Waals surface area contributed by atoms with Crippen molar-refractivity contribution in [2.75, 3.05) is 40.4 Å². The minimum Gasteiger partial charge on any atom is -0.497 e. The molecule has 0 aliphatic rings. The highest BCUT2D eigenvalue weighted by Crippen LogP contribution is 2.30. The lowest BCUT2D eigenvalue weighted by molar-refractivity contribution is 0.252. The van der Waals surface area contributed by atoms with E-state index < -0.39 is 0 Å². The molecule has 0 radical (unpaired) electrons. The molecule has 0 spiro atoms. The van der Waals surface area contributed by atoms with Crippen LogP contribution < -0.4 is 14.8 Å². The third-order valence-electron chi connectivity index (χ3n) is 3.69. The second-order valence-corrected chi connectivity index (χ2v) is 5.11. The Balaban J connectivity index is 2.98. The molecule has 0 fully saturated rings. The fourth-order valence-corrected chi connectivity index (χ4v) is 2.58. The van der Waals surface area contributed by atoms with Crippen molar-refractivity contribution in [3.8, 4) is 11.5 Å². The van der Waals surface area contributed by atoms with Crippen LogP contribution >= 0.6 is 0 Å². The van der Waals surface area contributed by atoms with E-state index in [4.69, 9.17) is 9.47 Å². The molecular formula is C17H30N2O2. The Morgan fingerprint density at radius 3 is 2.43 bits per heavy atom. The van der Waals surface area contributed by atoms with E-state index in [0.29, 0.717) is 0 Å². The number of nitrogens with one attached hydrogen (secondary N) is 1. The maximum atomic E-state index is 5.55. The number of rotatable bonds is 10. The van der Waals surface area contributed by atoms with E-state index >= 15 is 0 Å². The van der Waals surface area contributed by atoms with Gasteiger partial charge in [-0.05, 0) is 32.1 Å². The fraction of sp³-hybridized carbons (Fsp3) is 0.647. The summed E-state index contributed by atoms with van der Waals surface area (Å²) in [5, 5.41) is 3.57. The normalized spacial score (nSPS) is 12.5. The fourth-order valence-electron chi connectivity index (χ4n) is 2.58. The molecular weight excluding hydrogens is 264 g/mol. The maximum absolute atomic E-state index is 5.55. The van der Waals surface area contributed by atoms with Gasteiger partial charge < -0.3 is 19.7 Å². The van der Waals surface area contributed by atoms with Crippen molar-refractivity contribution in [3.63, 3.8) is 0 Å². The van der Waals surface area contributed by atoms with Crippen molar-refractivity contribution in [2.45, 2.75) is 33.2 Å². The summed E-state index contributed by atoms with van der Waals surface area (Å²) < 4.78 is 10.8. The molecule has 4 nitrogen and oxygen atoms in total. The van der Waals surface area contributed by atoms with Gasteiger partial charge in [-0.25, -0.2) is 0 Å². The van der Waals surface area contributed by atoms with Crippen LogP contribution in [0.3, 0.4) is 0 Å². The van der Waals surface area contributed by atoms with Crippen molar-refractivity contribution in [1.29, 1.82) is 0 Å². The van der Waals surface area contributed by atoms with Crippen LogP contribution in [0.4, 0.5) is 0 Å². The lowest BCUT2D eigenvalue weighted by Crippen LogP contribution is -2.35. The zero-order valence-electron chi connectivity index (χ0n) is 14.1. The lowest BCUT2D eigenvalue weighted by atomic mass is 10.0. The second kappa shape index (κ2) is 9.64. The van der Waals surface area contributed by atoms with Gasteiger partial charge in [0.2, 0.25) is 0 Å². The Labute approximate surface area is 129 Å². The molecule has 4 heteroatoms. The first-order valence-corrected chi connectivity index (χ1v) is 7.87. The van der Waals surface area contributed by atoms with E-state index in [9.17, 15) is 0 Å². The first kappa shape index (κ1) is 17.8. The smallest absolute Gasteiger partial charge is 0.127 e. The molecule has 0 aromatic heterocycles. The number of nitrogens with zero attached hydrogens (tertiary/aromatic N) is 1. The molecule has 0 bridgehead atoms. The summed E-state index contributed by atoms with van der Waals surface area (Å²) in [7, 11) is 3.39. The van der Waals surface area contributed by atoms with Gasteiger partial charge in [0.05, 0.1) is 14.2 Å². The van der Waals surface area contributed by atoms with Gasteiger partial charge in [0.1, 0.15) is 11.5 Å². The van der Waals surface area contributed by atoms with Gasteiger partial charge in [0.15, 0.2) is 0 Å². The Bertz CT molecular complexity index is 410. The highest BCUT2D eigenvalue weighted by atomic mass is 16.5. The van der Waals surface area contributed by atoms with Crippen LogP contribution in [0.1, 0.15) is 38.8 Å². The molecule has 0 aliphatic heterocycles. The van der Waals surface area contributed by atoms with Crippen molar-refractivity contribution in [2.24, 2.45) is 0 Å². The molecule has 1 aromatic carbocycles. The van der Waals surface area contributed by atoms with Gasteiger partial charge in [0.25, 0.3) is 0 Å². The van der Waals surface area contributed by atoms with Gasteiger partial charge in [-0.3, -0.25) is 0 Å². The summed E-state index contributed by atoms with van der Waals surface area (Å²) >= 11 is 0. The molecule has 120 valence electrons. The van der Waals surface area contributed by atoms with Crippen LogP contribution in [-0.4, -0.2) is 45.3 Å². The van der Waals surface area contributed by atoms with Gasteiger partial charge in [-0.2, -0.15) is 0 Å². The van der Waals surface area contributed by atoms with Crippen LogP contribution in [0.5, 0.6) is 11.5 Å². The topological polar surface area (TPSA) is 33.7 Å². The largest absolute Gasteiger partial charge is 0.497 e. The Morgan fingerprint density at radius 2 is 1.90 bits per heavy atom. The average Bonchev–Trinajstić information content (AvgIpc) is 2.53. The van der Waals surface area contributed by atoms with Crippen LogP contribution in [0, 0.1) is 0 Å². The summed E-state index contributed by atoms with van der Waals surface area (Å²) in [4.78, 5) is 2.47. The number of ether oxygens (including phenoxy) is 2. The second-order valence-electron chi connectivity index (χ2n) is 5.11. The Morgan fingerprint density at radius 1 is 1.14 bits per heavy atom. The molecule has 21 heavy (non-hydrogen) atoms. The van der Waals surface area contributed by atoms with Gasteiger partial charge in [-0.1, -0.05) is 26.8 Å². The average molecular weight is 294 g/mol. The first-order valence-electron chi connectivity index (χ1n) is 7.87. The molecule has 1 aromatic rings. The van der Waals surface area contributed by atoms with E-state index in [1.54, 1.807) is 14.2 Å². The molecule has 0 aliphatic carbocycles. The van der Waals surface area contributed by atoms with E-state index in [1.165, 1.54) is 12.0 Å². The van der Waals surface area contributed by atoms with Gasteiger partial charge >= 0.3 is 0 Å². The number of hydrogen-bond donors (Lipinski definition) is 1. The summed E-state index contributed by atoms with van der Waals surface area (Å²) in [6.45, 7) is 10.7. The Hall–Kier alpha value is -1.26. The summed E-state index contributed by atoms with van der Waals surface area (Å²) in [5.41, 5.74) is 1.19. The van der Waals surface area contributed by atoms with Crippen LogP contribution in [0.15, 0.2) is 18.2 Å². The SMILES string of the molecule is CCCN(CC)CC(NCC)c1ccc(OC)cc1OC. The van der Waals surface area contributed by atoms with Crippen molar-refractivity contribution < 1.29 is 9.47 Å². The van der Waals surface area contributed by atoms with Crippen LogP contribution in [0.25, 0.3) is 0 Å². The van der Waals surface area contributed by atoms with Crippen LogP contribution in [-0.2, 0) is 0 Å². The number of hydrogen-bond acceptors (Lipinski definition) is 4. The third-order valence-corrected chi connectivity index (χ3v) is 3.69. The van der Waals surface area contributed by atoms with Crippen LogP contribution in [0.2, 0.25) is 0 Å². The summed E-state index contributed by atoms with van der Waals surface area (Å²) in [6.07, 6.45) is 1.17. The van der Waals surface area contributed by atoms with E-state index in [0.717, 1.165) is 37.7 Å². The van der Waals surface area contributed by atoms with Crippen molar-refractivity contribution in [1.82, 2.24) is 10.2 Å². The monoisotopic (exact) mass is 294 g/mol. The summed E-state index contributed by atoms with van der Waals surface area (Å²) in [5.74, 6) is 1.71. The molecule has 1 unspecified atom stereocenters. The van der Waals surface area contributed by atoms with E-state index in [-0.39, 0.29) is 6.04 Å². The predicted octanol–water partition coefficient (Wildman–Crippen LogP) is 3.09. The quantitative estimate of drug-likeness (QED) is 0.719. The molecule has 1 atom stereocenters. The van der Waals surface area contributed by atoms with Gasteiger partial charge in [-0.15, -0.1) is 0 Å². The van der Waals surface area contributed by atoms with Crippen molar-refractivity contribution in [3.05, 3.63) is 23.8 Å². The van der Waals surface area contributed by atoms with Crippen molar-refractivity contribution >= 4 is 0 Å². The standard InChI is InChI=1S/C17H30N2O2/c1-6-11-19(8-3)13-16(18-7-2)15-10-9-14(20-4)12-17(15)21-5/h9-10,12,16,18H,6-8,11,13H2,1-5H3. The number of benzene rings is 1. The molecule has 0 saturated heterocycles. The predicted molar refractivity (Wildman–Crippen MR) is 88.4 cm³/mol. The molecule has 0 saturated carbocycles. The number of likely N-dealkylation sites (N-methyl/N-ethyl adjacent to an activating group) is 2. The Kier molecular flexibility index (Phi) is 8.16. The van der Waals surface area contributed by atoms with E-state index in [2.05, 4.69) is 37.1 Å². The molecule has 0 amide bonds. The summed E-state index contributed by atoms with van der Waals surface area (Å²) in [6, 6.07) is 6.32. The highest BCUT2D eigenvalue weighted by molar-refractivity contribution is 5.42. The van der Waals surface area contributed by atoms with Gasteiger partial charge in [0, 0.05) is 24.2 Å². The molecule has 0 heterocycles. The lowest BCUT2D eigenvalue weighted by Gasteiger charge is -2.28. The maximum Gasteiger partial charge on any atom is 0.127 e. The zero-order chi connectivity index (χ0) is 15.7. The third kappa shape index (κ3) is 5.21. The zero-order valence-corrected chi connectivity index (χ0v) is 14.1. The first-order chi connectivity index (χ1) is 10.2. The number of methoxy groups -OCH3 is 2. The highest BCUT2D eigenvalue weighted by Gasteiger charge is 2.18. The minimum absolute atomic E-state index is 0.266. The van der Waals surface area contributed by atoms with E-state index in [1.807, 2.05) is 12.1 Å².